The Labute approximate surface area is 201 Å². The second-order valence-corrected chi connectivity index (χ2v) is 6.81. The van der Waals surface area contributed by atoms with E-state index in [9.17, 15) is 19.8 Å². The number of hydrogen-bond donors (Lipinski definition) is 2. The van der Waals surface area contributed by atoms with Crippen LogP contribution in [0.2, 0.25) is 0 Å². The van der Waals surface area contributed by atoms with Crippen molar-refractivity contribution in [1.82, 2.24) is 0 Å². The zero-order valence-electron chi connectivity index (χ0n) is 17.4. The van der Waals surface area contributed by atoms with E-state index in [1.807, 2.05) is 0 Å². The molecule has 0 fully saturated rings. The maximum atomic E-state index is 11.8. The second-order valence-electron chi connectivity index (χ2n) is 6.81. The van der Waals surface area contributed by atoms with E-state index in [-0.39, 0.29) is 59.2 Å². The van der Waals surface area contributed by atoms with Crippen molar-refractivity contribution in [2.45, 2.75) is 83.0 Å². The number of rotatable bonds is 14. The van der Waals surface area contributed by atoms with E-state index in [0.29, 0.717) is 12.0 Å². The molecule has 26 heavy (non-hydrogen) atoms. The molecule has 0 aromatic heterocycles. The van der Waals surface area contributed by atoms with E-state index < -0.39 is 17.4 Å². The van der Waals surface area contributed by atoms with Crippen molar-refractivity contribution in [3.63, 3.8) is 0 Å². The Morgan fingerprint density at radius 1 is 0.808 bits per heavy atom. The van der Waals surface area contributed by atoms with Gasteiger partial charge in [0.25, 0.3) is 0 Å². The Kier molecular flexibility index (Phi) is 14.7. The van der Waals surface area contributed by atoms with Gasteiger partial charge in [0.15, 0.2) is 5.41 Å². The molecule has 0 saturated carbocycles. The molecule has 0 aliphatic heterocycles. The van der Waals surface area contributed by atoms with Crippen LogP contribution in [-0.2, 0) is 15.0 Å². The fourth-order valence-corrected chi connectivity index (χ4v) is 3.30. The van der Waals surface area contributed by atoms with Gasteiger partial charge in [0.2, 0.25) is 0 Å². The van der Waals surface area contributed by atoms with Gasteiger partial charge in [0.05, 0.1) is 0 Å². The second kappa shape index (κ2) is 14.8. The monoisotopic (exact) mass is 388 g/mol. The van der Waals surface area contributed by atoms with Crippen molar-refractivity contribution in [3.05, 3.63) is 35.9 Å². The fourth-order valence-electron chi connectivity index (χ4n) is 3.30. The van der Waals surface area contributed by atoms with Crippen molar-refractivity contribution in [2.75, 3.05) is 0 Å². The molecule has 0 unspecified atom stereocenters. The summed E-state index contributed by atoms with van der Waals surface area (Å²) in [4.78, 5) is 23.5. The predicted octanol–water partition coefficient (Wildman–Crippen LogP) is 2.52. The first-order valence-electron chi connectivity index (χ1n) is 9.58. The Balaban J connectivity index is 0. The first-order chi connectivity index (χ1) is 12.1. The molecule has 5 heteroatoms. The standard InChI is InChI=1S/C21H32O4.K.H/c1-2-3-4-5-6-7-8-9-10-14-17-21(19(22)23,20(24)25)18-15-12-11-13-16-18;;/h11-13,15-16H,2-10,14,17H2,1H3,(H,22,23)(H,24,25);;/q;+1;-1. The summed E-state index contributed by atoms with van der Waals surface area (Å²) in [6, 6.07) is 8.33. The van der Waals surface area contributed by atoms with E-state index >= 15 is 0 Å². The number of benzene rings is 1. The molecule has 1 rings (SSSR count). The van der Waals surface area contributed by atoms with Crippen molar-refractivity contribution in [1.29, 1.82) is 0 Å². The van der Waals surface area contributed by atoms with E-state index in [1.54, 1.807) is 30.3 Å². The van der Waals surface area contributed by atoms with Gasteiger partial charge in [-0.05, 0) is 12.0 Å². The van der Waals surface area contributed by atoms with Gasteiger partial charge >= 0.3 is 63.3 Å². The van der Waals surface area contributed by atoms with E-state index in [1.165, 1.54) is 38.5 Å². The minimum atomic E-state index is -1.83. The van der Waals surface area contributed by atoms with Crippen LogP contribution in [0.3, 0.4) is 0 Å². The number of hydrogen-bond acceptors (Lipinski definition) is 2. The molecular weight excluding hydrogens is 355 g/mol. The Morgan fingerprint density at radius 2 is 1.23 bits per heavy atom. The van der Waals surface area contributed by atoms with Gasteiger partial charge in [-0.3, -0.25) is 9.59 Å². The molecule has 4 nitrogen and oxygen atoms in total. The van der Waals surface area contributed by atoms with Crippen molar-refractivity contribution in [2.24, 2.45) is 0 Å². The fraction of sp³-hybridized carbons (Fsp3) is 0.619. The zero-order valence-corrected chi connectivity index (χ0v) is 19.5. The van der Waals surface area contributed by atoms with Crippen LogP contribution in [0, 0.1) is 0 Å². The minimum Gasteiger partial charge on any atom is -1.00 e. The molecule has 2 N–H and O–H groups in total. The normalized spacial score (nSPS) is 11.0. The first-order valence-corrected chi connectivity index (χ1v) is 9.58. The molecule has 1 aromatic rings. The minimum absolute atomic E-state index is 0. The summed E-state index contributed by atoms with van der Waals surface area (Å²) in [6.45, 7) is 2.21. The summed E-state index contributed by atoms with van der Waals surface area (Å²) in [6.07, 6.45) is 11.5. The summed E-state index contributed by atoms with van der Waals surface area (Å²) in [7, 11) is 0. The molecule has 0 aliphatic carbocycles. The van der Waals surface area contributed by atoms with Gasteiger partial charge in [-0.2, -0.15) is 0 Å². The summed E-state index contributed by atoms with van der Waals surface area (Å²) in [5.74, 6) is -2.55. The quantitative estimate of drug-likeness (QED) is 0.292. The largest absolute Gasteiger partial charge is 1.00 e. The first kappa shape index (κ1) is 25.8. The topological polar surface area (TPSA) is 74.6 Å². The van der Waals surface area contributed by atoms with Crippen LogP contribution in [0.1, 0.15) is 84.5 Å². The number of aliphatic carboxylic acids is 2. The number of carboxylic acid groups (broad SMARTS) is 2. The summed E-state index contributed by atoms with van der Waals surface area (Å²) in [5, 5.41) is 19.2. The molecule has 1 aromatic carbocycles. The molecular formula is C21H33KO4. The molecule has 0 radical (unpaired) electrons. The predicted molar refractivity (Wildman–Crippen MR) is 101 cm³/mol. The van der Waals surface area contributed by atoms with Gasteiger partial charge in [0.1, 0.15) is 0 Å². The van der Waals surface area contributed by atoms with Crippen LogP contribution in [0.15, 0.2) is 30.3 Å². The molecule has 0 spiro atoms. The zero-order chi connectivity index (χ0) is 18.5. The van der Waals surface area contributed by atoms with Crippen LogP contribution in [0.5, 0.6) is 0 Å². The Morgan fingerprint density at radius 3 is 1.65 bits per heavy atom. The van der Waals surface area contributed by atoms with E-state index in [0.717, 1.165) is 19.3 Å². The van der Waals surface area contributed by atoms with Crippen LogP contribution < -0.4 is 51.4 Å². The van der Waals surface area contributed by atoms with Gasteiger partial charge in [0, 0.05) is 0 Å². The van der Waals surface area contributed by atoms with Crippen LogP contribution in [-0.4, -0.2) is 22.2 Å². The Bertz CT molecular complexity index is 508. The number of carbonyl (C=O) groups is 2. The SMILES string of the molecule is CCCCCCCCCCCCC(C(=O)O)(C(=O)O)c1ccccc1.[H-].[K+]. The average Bonchev–Trinajstić information content (AvgIpc) is 2.60. The van der Waals surface area contributed by atoms with Crippen molar-refractivity contribution >= 4 is 11.9 Å². The third kappa shape index (κ3) is 8.22. The average molecular weight is 389 g/mol. The van der Waals surface area contributed by atoms with Crippen molar-refractivity contribution in [3.8, 4) is 0 Å². The Hall–Kier alpha value is -0.204. The van der Waals surface area contributed by atoms with Crippen LogP contribution in [0.25, 0.3) is 0 Å². The van der Waals surface area contributed by atoms with E-state index in [4.69, 9.17) is 0 Å². The van der Waals surface area contributed by atoms with Gasteiger partial charge < -0.3 is 11.6 Å². The summed E-state index contributed by atoms with van der Waals surface area (Å²) < 4.78 is 0. The third-order valence-electron chi connectivity index (χ3n) is 4.90. The molecule has 0 amide bonds. The molecule has 0 heterocycles. The third-order valence-corrected chi connectivity index (χ3v) is 4.90. The van der Waals surface area contributed by atoms with Gasteiger partial charge in [-0.15, -0.1) is 0 Å². The maximum absolute atomic E-state index is 11.8. The molecule has 142 valence electrons. The van der Waals surface area contributed by atoms with Gasteiger partial charge in [-0.1, -0.05) is 101 Å². The van der Waals surface area contributed by atoms with Crippen LogP contribution in [0.4, 0.5) is 0 Å². The summed E-state index contributed by atoms with van der Waals surface area (Å²) in [5.41, 5.74) is -1.48. The van der Waals surface area contributed by atoms with Crippen molar-refractivity contribution < 1.29 is 72.6 Å². The molecule has 0 bridgehead atoms. The maximum Gasteiger partial charge on any atom is 1.00 e. The summed E-state index contributed by atoms with van der Waals surface area (Å²) >= 11 is 0. The van der Waals surface area contributed by atoms with Gasteiger partial charge in [-0.25, -0.2) is 0 Å². The molecule has 0 saturated heterocycles. The smallest absolute Gasteiger partial charge is 1.00 e. The van der Waals surface area contributed by atoms with E-state index in [2.05, 4.69) is 6.92 Å². The number of unbranched alkanes of at least 4 members (excludes halogenated alkanes) is 9. The number of carboxylic acids is 2. The van der Waals surface area contributed by atoms with Crippen LogP contribution >= 0.6 is 0 Å². The molecule has 0 atom stereocenters. The molecule has 0 aliphatic rings.